The lowest BCUT2D eigenvalue weighted by Crippen LogP contribution is -2.43. The molecule has 1 saturated heterocycles. The topological polar surface area (TPSA) is 50.4 Å². The first-order valence-corrected chi connectivity index (χ1v) is 5.99. The predicted molar refractivity (Wildman–Crippen MR) is 67.3 cm³/mol. The van der Waals surface area contributed by atoms with Crippen LogP contribution < -0.4 is 10.6 Å². The van der Waals surface area contributed by atoms with E-state index in [-0.39, 0.29) is 11.9 Å². The zero-order chi connectivity index (χ0) is 12.1. The van der Waals surface area contributed by atoms with Gasteiger partial charge in [0.05, 0.1) is 23.9 Å². The Balaban J connectivity index is 1.86. The molecule has 1 atom stereocenters. The minimum atomic E-state index is -0.0545. The summed E-state index contributed by atoms with van der Waals surface area (Å²) >= 11 is 5.96. The van der Waals surface area contributed by atoms with Crippen molar-refractivity contribution < 1.29 is 9.53 Å². The summed E-state index contributed by atoms with van der Waals surface area (Å²) in [6.45, 7) is 2.09. The van der Waals surface area contributed by atoms with Crippen LogP contribution in [0.4, 0.5) is 5.69 Å². The number of carbonyl (C=O) groups excluding carboxylic acids is 1. The van der Waals surface area contributed by atoms with Crippen molar-refractivity contribution in [3.63, 3.8) is 0 Å². The highest BCUT2D eigenvalue weighted by Gasteiger charge is 2.17. The fraction of sp³-hybridized carbons (Fsp3) is 0.417. The molecular formula is C12H15ClN2O2. The van der Waals surface area contributed by atoms with Crippen molar-refractivity contribution in [1.82, 2.24) is 5.32 Å². The third kappa shape index (κ3) is 3.70. The van der Waals surface area contributed by atoms with Gasteiger partial charge in [0.25, 0.3) is 0 Å². The van der Waals surface area contributed by atoms with Crippen LogP contribution in [0.1, 0.15) is 6.42 Å². The molecular weight excluding hydrogens is 240 g/mol. The predicted octanol–water partition coefficient (Wildman–Crippen LogP) is 1.66. The van der Waals surface area contributed by atoms with Crippen LogP contribution in [0.5, 0.6) is 0 Å². The van der Waals surface area contributed by atoms with Crippen LogP contribution in [-0.2, 0) is 9.53 Å². The fourth-order valence-electron chi connectivity index (χ4n) is 1.74. The molecule has 4 nitrogen and oxygen atoms in total. The molecule has 2 N–H and O–H groups in total. The number of ether oxygens (including phenoxy) is 1. The zero-order valence-corrected chi connectivity index (χ0v) is 10.2. The molecule has 0 bridgehead atoms. The molecule has 1 heterocycles. The van der Waals surface area contributed by atoms with E-state index in [0.29, 0.717) is 30.3 Å². The average molecular weight is 255 g/mol. The number of benzene rings is 1. The quantitative estimate of drug-likeness (QED) is 0.863. The summed E-state index contributed by atoms with van der Waals surface area (Å²) < 4.78 is 5.29. The van der Waals surface area contributed by atoms with Crippen LogP contribution in [0.2, 0.25) is 5.02 Å². The van der Waals surface area contributed by atoms with E-state index >= 15 is 0 Å². The second-order valence-corrected chi connectivity index (χ2v) is 4.37. The summed E-state index contributed by atoms with van der Waals surface area (Å²) in [7, 11) is 0. The number of morpholine rings is 1. The summed E-state index contributed by atoms with van der Waals surface area (Å²) in [6, 6.07) is 7.29. The highest BCUT2D eigenvalue weighted by Crippen LogP contribution is 2.20. The lowest BCUT2D eigenvalue weighted by molar-refractivity contribution is -0.117. The van der Waals surface area contributed by atoms with Gasteiger partial charge in [0.15, 0.2) is 0 Å². The van der Waals surface area contributed by atoms with Crippen molar-refractivity contribution in [2.45, 2.75) is 12.5 Å². The van der Waals surface area contributed by atoms with Crippen LogP contribution in [0, 0.1) is 0 Å². The van der Waals surface area contributed by atoms with Gasteiger partial charge in [-0.1, -0.05) is 23.7 Å². The number of amides is 1. The molecule has 1 aromatic rings. The van der Waals surface area contributed by atoms with Gasteiger partial charge in [-0.25, -0.2) is 0 Å². The minimum Gasteiger partial charge on any atom is -0.378 e. The van der Waals surface area contributed by atoms with Crippen LogP contribution in [0.25, 0.3) is 0 Å². The van der Waals surface area contributed by atoms with Crippen molar-refractivity contribution in [3.8, 4) is 0 Å². The van der Waals surface area contributed by atoms with Gasteiger partial charge in [0.1, 0.15) is 0 Å². The van der Waals surface area contributed by atoms with Gasteiger partial charge in [0.2, 0.25) is 5.91 Å². The molecule has 0 spiro atoms. The number of hydrogen-bond acceptors (Lipinski definition) is 3. The third-order valence-corrected chi connectivity index (χ3v) is 2.91. The molecule has 0 saturated carbocycles. The number of hydrogen-bond donors (Lipinski definition) is 2. The second-order valence-electron chi connectivity index (χ2n) is 3.96. The van der Waals surface area contributed by atoms with E-state index in [4.69, 9.17) is 16.3 Å². The van der Waals surface area contributed by atoms with Crippen molar-refractivity contribution in [1.29, 1.82) is 0 Å². The summed E-state index contributed by atoms with van der Waals surface area (Å²) in [5, 5.41) is 6.57. The number of rotatable bonds is 3. The molecule has 0 aromatic heterocycles. The van der Waals surface area contributed by atoms with Gasteiger partial charge in [-0.05, 0) is 12.1 Å². The molecule has 1 aliphatic rings. The highest BCUT2D eigenvalue weighted by atomic mass is 35.5. The van der Waals surface area contributed by atoms with Crippen LogP contribution in [-0.4, -0.2) is 31.7 Å². The van der Waals surface area contributed by atoms with Gasteiger partial charge in [-0.15, -0.1) is 0 Å². The van der Waals surface area contributed by atoms with Gasteiger partial charge < -0.3 is 15.4 Å². The number of carbonyl (C=O) groups is 1. The van der Waals surface area contributed by atoms with Crippen LogP contribution in [0.15, 0.2) is 24.3 Å². The van der Waals surface area contributed by atoms with Crippen LogP contribution in [0.3, 0.4) is 0 Å². The Morgan fingerprint density at radius 2 is 2.35 bits per heavy atom. The number of para-hydroxylation sites is 1. The standard InChI is InChI=1S/C12H15ClN2O2/c13-10-3-1-2-4-11(10)15-12(16)7-9-8-17-6-5-14-9/h1-4,9,14H,5-8H2,(H,15,16). The first kappa shape index (κ1) is 12.4. The normalized spacial score (nSPS) is 19.9. The molecule has 1 fully saturated rings. The zero-order valence-electron chi connectivity index (χ0n) is 9.41. The maximum atomic E-state index is 11.8. The molecule has 0 radical (unpaired) electrons. The Morgan fingerprint density at radius 1 is 1.53 bits per heavy atom. The Bertz CT molecular complexity index is 392. The molecule has 1 aromatic carbocycles. The Morgan fingerprint density at radius 3 is 3.06 bits per heavy atom. The van der Waals surface area contributed by atoms with Gasteiger partial charge >= 0.3 is 0 Å². The highest BCUT2D eigenvalue weighted by molar-refractivity contribution is 6.33. The second kappa shape index (κ2) is 6.00. The summed E-state index contributed by atoms with van der Waals surface area (Å²) in [5.74, 6) is -0.0545. The Hall–Kier alpha value is -1.10. The van der Waals surface area contributed by atoms with E-state index in [2.05, 4.69) is 10.6 Å². The molecule has 1 amide bonds. The largest absolute Gasteiger partial charge is 0.378 e. The van der Waals surface area contributed by atoms with E-state index in [9.17, 15) is 4.79 Å². The first-order valence-electron chi connectivity index (χ1n) is 5.61. The van der Waals surface area contributed by atoms with E-state index in [0.717, 1.165) is 6.54 Å². The van der Waals surface area contributed by atoms with E-state index in [1.54, 1.807) is 12.1 Å². The maximum Gasteiger partial charge on any atom is 0.226 e. The van der Waals surface area contributed by atoms with E-state index in [1.165, 1.54) is 0 Å². The van der Waals surface area contributed by atoms with Crippen molar-refractivity contribution in [3.05, 3.63) is 29.3 Å². The van der Waals surface area contributed by atoms with Crippen molar-refractivity contribution in [2.24, 2.45) is 0 Å². The summed E-state index contributed by atoms with van der Waals surface area (Å²) in [4.78, 5) is 11.8. The molecule has 2 rings (SSSR count). The maximum absolute atomic E-state index is 11.8. The third-order valence-electron chi connectivity index (χ3n) is 2.58. The SMILES string of the molecule is O=C(CC1COCCN1)Nc1ccccc1Cl. The molecule has 1 aliphatic heterocycles. The molecule has 92 valence electrons. The lowest BCUT2D eigenvalue weighted by Gasteiger charge is -2.23. The van der Waals surface area contributed by atoms with Gasteiger partial charge in [-0.2, -0.15) is 0 Å². The average Bonchev–Trinajstić information content (AvgIpc) is 2.33. The summed E-state index contributed by atoms with van der Waals surface area (Å²) in [5.41, 5.74) is 0.649. The van der Waals surface area contributed by atoms with Gasteiger partial charge in [0, 0.05) is 19.0 Å². The van der Waals surface area contributed by atoms with E-state index in [1.807, 2.05) is 12.1 Å². The molecule has 17 heavy (non-hydrogen) atoms. The number of nitrogens with one attached hydrogen (secondary N) is 2. The number of anilines is 1. The fourth-order valence-corrected chi connectivity index (χ4v) is 1.92. The molecule has 1 unspecified atom stereocenters. The smallest absolute Gasteiger partial charge is 0.226 e. The van der Waals surface area contributed by atoms with E-state index < -0.39 is 0 Å². The molecule has 0 aliphatic carbocycles. The van der Waals surface area contributed by atoms with Gasteiger partial charge in [-0.3, -0.25) is 4.79 Å². The van der Waals surface area contributed by atoms with Crippen molar-refractivity contribution in [2.75, 3.05) is 25.1 Å². The first-order chi connectivity index (χ1) is 8.25. The Kier molecular flexibility index (Phi) is 4.36. The minimum absolute atomic E-state index is 0.0545. The summed E-state index contributed by atoms with van der Waals surface area (Å²) in [6.07, 6.45) is 0.394. The van der Waals surface area contributed by atoms with Crippen molar-refractivity contribution >= 4 is 23.2 Å². The Labute approximate surface area is 105 Å². The number of halogens is 1. The molecule has 5 heteroatoms. The lowest BCUT2D eigenvalue weighted by atomic mass is 10.2. The van der Waals surface area contributed by atoms with Crippen LogP contribution >= 0.6 is 11.6 Å². The monoisotopic (exact) mass is 254 g/mol.